The Balaban J connectivity index is 1.65. The van der Waals surface area contributed by atoms with Crippen molar-refractivity contribution < 1.29 is 13.2 Å². The Morgan fingerprint density at radius 1 is 0.938 bits per heavy atom. The number of nitrogens with one attached hydrogen (secondary N) is 1. The largest absolute Gasteiger partial charge is 0.337 e. The van der Waals surface area contributed by atoms with Gasteiger partial charge in [0.15, 0.2) is 9.84 Å². The van der Waals surface area contributed by atoms with E-state index >= 15 is 0 Å². The molecule has 1 heterocycles. The average Bonchev–Trinajstić information content (AvgIpc) is 3.12. The number of carbonyl (C=O) groups excluding carboxylic acids is 1. The first-order valence-electron chi connectivity index (χ1n) is 10.2. The lowest BCUT2D eigenvalue weighted by molar-refractivity contribution is -0.116. The van der Waals surface area contributed by atoms with Crippen molar-refractivity contribution >= 4 is 43.9 Å². The van der Waals surface area contributed by atoms with Crippen molar-refractivity contribution in [1.29, 1.82) is 0 Å². The number of fused-ring (bicyclic) bond motifs is 1. The lowest BCUT2D eigenvalue weighted by Crippen LogP contribution is -2.19. The third-order valence-electron chi connectivity index (χ3n) is 5.42. The molecule has 5 nitrogen and oxygen atoms in total. The molecule has 0 aliphatic heterocycles. The van der Waals surface area contributed by atoms with Gasteiger partial charge < -0.3 is 9.88 Å². The third kappa shape index (κ3) is 4.56. The molecule has 1 N–H and O–H groups in total. The van der Waals surface area contributed by atoms with Gasteiger partial charge in [-0.05, 0) is 48.7 Å². The van der Waals surface area contributed by atoms with Gasteiger partial charge in [-0.3, -0.25) is 4.79 Å². The zero-order valence-corrected chi connectivity index (χ0v) is 19.4. The first-order chi connectivity index (χ1) is 15.2. The van der Waals surface area contributed by atoms with Crippen LogP contribution < -0.4 is 5.32 Å². The minimum Gasteiger partial charge on any atom is -0.337 e. The molecular weight excluding hydrogens is 444 g/mol. The van der Waals surface area contributed by atoms with E-state index in [1.54, 1.807) is 47.2 Å². The molecule has 0 saturated carbocycles. The van der Waals surface area contributed by atoms with E-state index < -0.39 is 9.84 Å². The number of sulfone groups is 1. The van der Waals surface area contributed by atoms with Crippen LogP contribution in [0.3, 0.4) is 0 Å². The number of hydrogen-bond donors (Lipinski definition) is 1. The second-order valence-corrected chi connectivity index (χ2v) is 10.2. The number of aromatic nitrogens is 1. The smallest absolute Gasteiger partial charge is 0.244 e. The molecule has 164 valence electrons. The molecular formula is C25H23ClN2O3S. The summed E-state index contributed by atoms with van der Waals surface area (Å²) in [5, 5.41) is 4.11. The minimum absolute atomic E-state index is 0.00471. The van der Waals surface area contributed by atoms with E-state index in [0.717, 1.165) is 16.8 Å². The Labute approximate surface area is 192 Å². The van der Waals surface area contributed by atoms with Crippen LogP contribution in [-0.2, 0) is 26.9 Å². The molecule has 1 aromatic heterocycles. The van der Waals surface area contributed by atoms with Gasteiger partial charge in [0.05, 0.1) is 10.6 Å². The zero-order valence-electron chi connectivity index (χ0n) is 17.8. The van der Waals surface area contributed by atoms with Crippen molar-refractivity contribution in [1.82, 2.24) is 4.57 Å². The first-order valence-corrected chi connectivity index (χ1v) is 12.2. The number of rotatable bonds is 6. The maximum Gasteiger partial charge on any atom is 0.244 e. The lowest BCUT2D eigenvalue weighted by atomic mass is 10.1. The molecule has 0 spiro atoms. The van der Waals surface area contributed by atoms with Crippen molar-refractivity contribution in [2.24, 2.45) is 0 Å². The quantitative estimate of drug-likeness (QED) is 0.406. The molecule has 0 atom stereocenters. The second kappa shape index (κ2) is 8.81. The summed E-state index contributed by atoms with van der Waals surface area (Å²) in [4.78, 5) is 13.0. The van der Waals surface area contributed by atoms with Gasteiger partial charge in [-0.15, -0.1) is 0 Å². The predicted octanol–water partition coefficient (Wildman–Crippen LogP) is 5.52. The first kappa shape index (κ1) is 22.1. The number of amides is 1. The van der Waals surface area contributed by atoms with Gasteiger partial charge in [0.25, 0.3) is 0 Å². The number of hydrogen-bond acceptors (Lipinski definition) is 3. The molecule has 0 aliphatic carbocycles. The summed E-state index contributed by atoms with van der Waals surface area (Å²) in [5.74, 6) is -0.364. The molecule has 3 aromatic carbocycles. The van der Waals surface area contributed by atoms with E-state index in [1.165, 1.54) is 0 Å². The summed E-state index contributed by atoms with van der Waals surface area (Å²) < 4.78 is 28.2. The van der Waals surface area contributed by atoms with E-state index in [4.69, 9.17) is 11.6 Å². The summed E-state index contributed by atoms with van der Waals surface area (Å²) >= 11 is 5.92. The standard InChI is InChI=1S/C25H23ClN2O3S/c1-17-6-5-7-18(2)25(17)27-24(29)15-28-14-23(21-8-3-4-9-22(21)28)32(30,31)16-19-10-12-20(26)13-11-19/h3-14H,15-16H2,1-2H3,(H,27,29). The van der Waals surface area contributed by atoms with Crippen LogP contribution in [0.15, 0.2) is 77.8 Å². The second-order valence-electron chi connectivity index (χ2n) is 7.84. The zero-order chi connectivity index (χ0) is 22.9. The van der Waals surface area contributed by atoms with Crippen molar-refractivity contribution in [3.63, 3.8) is 0 Å². The molecule has 0 unspecified atom stereocenters. The highest BCUT2D eigenvalue weighted by molar-refractivity contribution is 7.90. The SMILES string of the molecule is Cc1cccc(C)c1NC(=O)Cn1cc(S(=O)(=O)Cc2ccc(Cl)cc2)c2ccccc21. The van der Waals surface area contributed by atoms with E-state index in [2.05, 4.69) is 5.32 Å². The van der Waals surface area contributed by atoms with E-state index in [1.807, 2.05) is 44.2 Å². The van der Waals surface area contributed by atoms with E-state index in [-0.39, 0.29) is 23.1 Å². The molecule has 4 aromatic rings. The highest BCUT2D eigenvalue weighted by Crippen LogP contribution is 2.28. The third-order valence-corrected chi connectivity index (χ3v) is 7.38. The number of nitrogens with zero attached hydrogens (tertiary/aromatic N) is 1. The molecule has 1 amide bonds. The number of aryl methyl sites for hydroxylation is 2. The van der Waals surface area contributed by atoms with Crippen LogP contribution in [0.4, 0.5) is 5.69 Å². The van der Waals surface area contributed by atoms with Crippen LogP contribution >= 0.6 is 11.6 Å². The summed E-state index contributed by atoms with van der Waals surface area (Å²) in [6.07, 6.45) is 1.56. The molecule has 4 rings (SSSR count). The van der Waals surface area contributed by atoms with Crippen LogP contribution in [0.25, 0.3) is 10.9 Å². The summed E-state index contributed by atoms with van der Waals surface area (Å²) in [7, 11) is -3.64. The van der Waals surface area contributed by atoms with Crippen LogP contribution in [-0.4, -0.2) is 18.9 Å². The van der Waals surface area contributed by atoms with Gasteiger partial charge in [0.1, 0.15) is 6.54 Å². The summed E-state index contributed by atoms with van der Waals surface area (Å²) in [6.45, 7) is 3.88. The maximum absolute atomic E-state index is 13.2. The van der Waals surface area contributed by atoms with E-state index in [0.29, 0.717) is 21.5 Å². The average molecular weight is 467 g/mol. The Morgan fingerprint density at radius 3 is 2.28 bits per heavy atom. The van der Waals surface area contributed by atoms with Crippen molar-refractivity contribution in [2.45, 2.75) is 31.0 Å². The predicted molar refractivity (Wildman–Crippen MR) is 129 cm³/mol. The summed E-state index contributed by atoms with van der Waals surface area (Å²) in [5.41, 5.74) is 4.08. The number of carbonyl (C=O) groups is 1. The van der Waals surface area contributed by atoms with Gasteiger partial charge in [-0.2, -0.15) is 0 Å². The Morgan fingerprint density at radius 2 is 1.59 bits per heavy atom. The van der Waals surface area contributed by atoms with Gasteiger partial charge in [0, 0.05) is 27.8 Å². The monoisotopic (exact) mass is 466 g/mol. The molecule has 0 bridgehead atoms. The number of benzene rings is 3. The van der Waals surface area contributed by atoms with Crippen molar-refractivity contribution in [3.8, 4) is 0 Å². The van der Waals surface area contributed by atoms with Crippen LogP contribution in [0.1, 0.15) is 16.7 Å². The fourth-order valence-electron chi connectivity index (χ4n) is 3.81. The van der Waals surface area contributed by atoms with Crippen LogP contribution in [0.5, 0.6) is 0 Å². The van der Waals surface area contributed by atoms with Gasteiger partial charge in [-0.1, -0.05) is 60.1 Å². The number of para-hydroxylation sites is 2. The molecule has 32 heavy (non-hydrogen) atoms. The summed E-state index contributed by atoms with van der Waals surface area (Å²) in [6, 6.07) is 19.8. The molecule has 0 fully saturated rings. The van der Waals surface area contributed by atoms with Crippen molar-refractivity contribution in [2.75, 3.05) is 5.32 Å². The van der Waals surface area contributed by atoms with Crippen LogP contribution in [0, 0.1) is 13.8 Å². The minimum atomic E-state index is -3.64. The maximum atomic E-state index is 13.2. The fourth-order valence-corrected chi connectivity index (χ4v) is 5.52. The lowest BCUT2D eigenvalue weighted by Gasteiger charge is -2.12. The highest BCUT2D eigenvalue weighted by atomic mass is 35.5. The molecule has 0 aliphatic rings. The molecule has 7 heteroatoms. The highest BCUT2D eigenvalue weighted by Gasteiger charge is 2.22. The van der Waals surface area contributed by atoms with Crippen LogP contribution in [0.2, 0.25) is 5.02 Å². The number of halogens is 1. The Bertz CT molecular complexity index is 1390. The topological polar surface area (TPSA) is 68.2 Å². The van der Waals surface area contributed by atoms with Crippen molar-refractivity contribution in [3.05, 3.63) is 94.6 Å². The van der Waals surface area contributed by atoms with Gasteiger partial charge in [0.2, 0.25) is 5.91 Å². The molecule has 0 radical (unpaired) electrons. The number of anilines is 1. The van der Waals surface area contributed by atoms with Gasteiger partial charge in [-0.25, -0.2) is 8.42 Å². The normalized spacial score (nSPS) is 11.6. The Hall–Kier alpha value is -3.09. The van der Waals surface area contributed by atoms with E-state index in [9.17, 15) is 13.2 Å². The fraction of sp³-hybridized carbons (Fsp3) is 0.160. The Kier molecular flexibility index (Phi) is 6.09. The molecule has 0 saturated heterocycles. The van der Waals surface area contributed by atoms with Gasteiger partial charge >= 0.3 is 0 Å².